The third kappa shape index (κ3) is 2.28. The highest BCUT2D eigenvalue weighted by molar-refractivity contribution is 9.10. The molecule has 3 nitrogen and oxygen atoms in total. The van der Waals surface area contributed by atoms with Gasteiger partial charge < -0.3 is 9.30 Å². The summed E-state index contributed by atoms with van der Waals surface area (Å²) in [5.41, 5.74) is 0.801. The molecule has 2 aromatic rings. The lowest BCUT2D eigenvalue weighted by Gasteiger charge is -2.23. The molecule has 2 rings (SSSR count). The molecule has 2 aromatic heterocycles. The number of fused-ring (bicyclic) bond motifs is 1. The zero-order valence-electron chi connectivity index (χ0n) is 9.70. The highest BCUT2D eigenvalue weighted by atomic mass is 79.9. The van der Waals surface area contributed by atoms with Crippen LogP contribution in [-0.4, -0.2) is 22.3 Å². The molecular formula is C12H15BrN2O. The van der Waals surface area contributed by atoms with Gasteiger partial charge in [0.05, 0.1) is 12.1 Å². The topological polar surface area (TPSA) is 27.1 Å². The van der Waals surface area contributed by atoms with E-state index in [0.717, 1.165) is 22.2 Å². The molecule has 0 unspecified atom stereocenters. The van der Waals surface area contributed by atoms with E-state index in [4.69, 9.17) is 4.74 Å². The van der Waals surface area contributed by atoms with Crippen molar-refractivity contribution in [3.63, 3.8) is 0 Å². The lowest BCUT2D eigenvalue weighted by atomic mass is 10.1. The second kappa shape index (κ2) is 4.18. The Morgan fingerprint density at radius 2 is 2.12 bits per heavy atom. The standard InChI is InChI=1S/C12H15BrN2O/c1-12(2,16-3)8-15-7-6-9-4-5-10(13)14-11(9)15/h4-7H,8H2,1-3H3. The summed E-state index contributed by atoms with van der Waals surface area (Å²) in [6, 6.07) is 6.08. The molecule has 0 saturated carbocycles. The van der Waals surface area contributed by atoms with Gasteiger partial charge in [-0.15, -0.1) is 0 Å². The predicted octanol–water partition coefficient (Wildman–Crippen LogP) is 3.22. The first-order valence-corrected chi connectivity index (χ1v) is 5.98. The molecule has 0 fully saturated rings. The van der Waals surface area contributed by atoms with Gasteiger partial charge in [-0.05, 0) is 48.0 Å². The van der Waals surface area contributed by atoms with Gasteiger partial charge in [0.2, 0.25) is 0 Å². The van der Waals surface area contributed by atoms with E-state index in [9.17, 15) is 0 Å². The Morgan fingerprint density at radius 3 is 2.81 bits per heavy atom. The van der Waals surface area contributed by atoms with Crippen LogP contribution in [0.25, 0.3) is 11.0 Å². The Morgan fingerprint density at radius 1 is 1.38 bits per heavy atom. The molecule has 0 N–H and O–H groups in total. The molecule has 0 spiro atoms. The molecular weight excluding hydrogens is 268 g/mol. The Kier molecular flexibility index (Phi) is 3.04. The zero-order valence-corrected chi connectivity index (χ0v) is 11.3. The molecule has 4 heteroatoms. The monoisotopic (exact) mass is 282 g/mol. The highest BCUT2D eigenvalue weighted by Gasteiger charge is 2.18. The maximum Gasteiger partial charge on any atom is 0.141 e. The second-order valence-corrected chi connectivity index (χ2v) is 5.27. The van der Waals surface area contributed by atoms with Crippen LogP contribution in [0.1, 0.15) is 13.8 Å². The number of hydrogen-bond donors (Lipinski definition) is 0. The van der Waals surface area contributed by atoms with Gasteiger partial charge in [0, 0.05) is 18.7 Å². The average Bonchev–Trinajstić information content (AvgIpc) is 2.61. The van der Waals surface area contributed by atoms with E-state index in [0.29, 0.717) is 0 Å². The smallest absolute Gasteiger partial charge is 0.141 e. The number of hydrogen-bond acceptors (Lipinski definition) is 2. The number of rotatable bonds is 3. The Balaban J connectivity index is 2.41. The Labute approximate surface area is 104 Å². The fraction of sp³-hybridized carbons (Fsp3) is 0.417. The number of aromatic nitrogens is 2. The molecule has 0 saturated heterocycles. The van der Waals surface area contributed by atoms with Crippen LogP contribution in [0.5, 0.6) is 0 Å². The maximum absolute atomic E-state index is 5.43. The fourth-order valence-corrected chi connectivity index (χ4v) is 1.94. The average molecular weight is 283 g/mol. The van der Waals surface area contributed by atoms with Crippen LogP contribution in [-0.2, 0) is 11.3 Å². The first kappa shape index (κ1) is 11.6. The van der Waals surface area contributed by atoms with Gasteiger partial charge in [0.25, 0.3) is 0 Å². The van der Waals surface area contributed by atoms with Crippen LogP contribution in [0.3, 0.4) is 0 Å². The maximum atomic E-state index is 5.43. The van der Waals surface area contributed by atoms with Crippen LogP contribution >= 0.6 is 15.9 Å². The minimum atomic E-state index is -0.185. The molecule has 0 aromatic carbocycles. The van der Waals surface area contributed by atoms with Crippen LogP contribution in [0.4, 0.5) is 0 Å². The predicted molar refractivity (Wildman–Crippen MR) is 68.5 cm³/mol. The summed E-state index contributed by atoms with van der Waals surface area (Å²) in [4.78, 5) is 4.48. The van der Waals surface area contributed by atoms with Gasteiger partial charge in [-0.25, -0.2) is 4.98 Å². The number of pyridine rings is 1. The lowest BCUT2D eigenvalue weighted by molar-refractivity contribution is 0.00902. The molecule has 2 heterocycles. The van der Waals surface area contributed by atoms with E-state index in [1.54, 1.807) is 7.11 Å². The van der Waals surface area contributed by atoms with Crippen LogP contribution < -0.4 is 0 Å². The minimum absolute atomic E-state index is 0.185. The third-order valence-corrected chi connectivity index (χ3v) is 3.12. The molecule has 0 bridgehead atoms. The molecule has 86 valence electrons. The summed E-state index contributed by atoms with van der Waals surface area (Å²) in [6.45, 7) is 4.92. The van der Waals surface area contributed by atoms with Crippen LogP contribution in [0, 0.1) is 0 Å². The van der Waals surface area contributed by atoms with Crippen molar-refractivity contribution in [1.82, 2.24) is 9.55 Å². The van der Waals surface area contributed by atoms with Crippen molar-refractivity contribution in [2.45, 2.75) is 26.0 Å². The molecule has 16 heavy (non-hydrogen) atoms. The van der Waals surface area contributed by atoms with E-state index >= 15 is 0 Å². The minimum Gasteiger partial charge on any atom is -0.377 e. The van der Waals surface area contributed by atoms with Gasteiger partial charge in [-0.2, -0.15) is 0 Å². The molecule has 0 radical (unpaired) electrons. The number of ether oxygens (including phenoxy) is 1. The highest BCUT2D eigenvalue weighted by Crippen LogP contribution is 2.20. The second-order valence-electron chi connectivity index (χ2n) is 4.45. The summed E-state index contributed by atoms with van der Waals surface area (Å²) in [6.07, 6.45) is 2.05. The van der Waals surface area contributed by atoms with Crippen molar-refractivity contribution in [3.05, 3.63) is 29.0 Å². The molecule has 0 aliphatic carbocycles. The SMILES string of the molecule is COC(C)(C)Cn1ccc2ccc(Br)nc21. The number of nitrogens with zero attached hydrogens (tertiary/aromatic N) is 2. The quantitative estimate of drug-likeness (QED) is 0.809. The molecule has 0 atom stereocenters. The summed E-state index contributed by atoms with van der Waals surface area (Å²) >= 11 is 3.39. The third-order valence-electron chi connectivity index (χ3n) is 2.68. The first-order valence-electron chi connectivity index (χ1n) is 5.18. The fourth-order valence-electron chi connectivity index (χ4n) is 1.64. The van der Waals surface area contributed by atoms with Crippen molar-refractivity contribution in [2.24, 2.45) is 0 Å². The van der Waals surface area contributed by atoms with E-state index in [1.165, 1.54) is 0 Å². The zero-order chi connectivity index (χ0) is 11.8. The van der Waals surface area contributed by atoms with Gasteiger partial charge in [-0.3, -0.25) is 0 Å². The van der Waals surface area contributed by atoms with Crippen molar-refractivity contribution in [3.8, 4) is 0 Å². The Bertz CT molecular complexity index is 505. The molecule has 0 amide bonds. The summed E-state index contributed by atoms with van der Waals surface area (Å²) in [5.74, 6) is 0. The van der Waals surface area contributed by atoms with Crippen molar-refractivity contribution >= 4 is 27.0 Å². The first-order chi connectivity index (χ1) is 7.52. The van der Waals surface area contributed by atoms with E-state index in [1.807, 2.05) is 12.3 Å². The summed E-state index contributed by atoms with van der Waals surface area (Å²) in [7, 11) is 1.73. The Hall–Kier alpha value is -0.870. The largest absolute Gasteiger partial charge is 0.377 e. The summed E-state index contributed by atoms with van der Waals surface area (Å²) in [5, 5.41) is 1.15. The van der Waals surface area contributed by atoms with Gasteiger partial charge in [-0.1, -0.05) is 0 Å². The van der Waals surface area contributed by atoms with Gasteiger partial charge in [0.1, 0.15) is 10.3 Å². The van der Waals surface area contributed by atoms with E-state index < -0.39 is 0 Å². The van der Waals surface area contributed by atoms with E-state index in [-0.39, 0.29) is 5.60 Å². The van der Waals surface area contributed by atoms with Crippen LogP contribution in [0.15, 0.2) is 29.0 Å². The number of methoxy groups -OCH3 is 1. The van der Waals surface area contributed by atoms with Crippen molar-refractivity contribution in [2.75, 3.05) is 7.11 Å². The number of halogens is 1. The lowest BCUT2D eigenvalue weighted by Crippen LogP contribution is -2.28. The molecule has 0 aliphatic heterocycles. The van der Waals surface area contributed by atoms with Crippen molar-refractivity contribution in [1.29, 1.82) is 0 Å². The van der Waals surface area contributed by atoms with E-state index in [2.05, 4.69) is 51.5 Å². The van der Waals surface area contributed by atoms with Crippen molar-refractivity contribution < 1.29 is 4.74 Å². The van der Waals surface area contributed by atoms with Gasteiger partial charge in [0.15, 0.2) is 0 Å². The molecule has 0 aliphatic rings. The summed E-state index contributed by atoms with van der Waals surface area (Å²) < 4.78 is 8.40. The van der Waals surface area contributed by atoms with Gasteiger partial charge >= 0.3 is 0 Å². The normalized spacial score (nSPS) is 12.2. The van der Waals surface area contributed by atoms with Crippen LogP contribution in [0.2, 0.25) is 0 Å².